The first-order valence-electron chi connectivity index (χ1n) is 9.10. The highest BCUT2D eigenvalue weighted by molar-refractivity contribution is 5.80. The fourth-order valence-electron chi connectivity index (χ4n) is 3.50. The molecule has 0 radical (unpaired) electrons. The van der Waals surface area contributed by atoms with Crippen molar-refractivity contribution in [1.29, 1.82) is 0 Å². The lowest BCUT2D eigenvalue weighted by Gasteiger charge is -2.33. The number of fused-ring (bicyclic) bond motifs is 2. The van der Waals surface area contributed by atoms with Crippen molar-refractivity contribution in [3.63, 3.8) is 0 Å². The smallest absolute Gasteiger partial charge is 0.246 e. The molecule has 1 amide bonds. The molecule has 0 saturated carbocycles. The number of nitrogens with zero attached hydrogens (tertiary/aromatic N) is 4. The Morgan fingerprint density at radius 2 is 2.15 bits per heavy atom. The van der Waals surface area contributed by atoms with Gasteiger partial charge in [-0.15, -0.1) is 0 Å². The van der Waals surface area contributed by atoms with Crippen molar-refractivity contribution in [3.8, 4) is 0 Å². The van der Waals surface area contributed by atoms with Gasteiger partial charge in [0.25, 0.3) is 0 Å². The van der Waals surface area contributed by atoms with E-state index in [-0.39, 0.29) is 11.9 Å². The van der Waals surface area contributed by atoms with Gasteiger partial charge >= 0.3 is 0 Å². The molecule has 7 nitrogen and oxygen atoms in total. The van der Waals surface area contributed by atoms with Gasteiger partial charge in [0.15, 0.2) is 0 Å². The first-order valence-corrected chi connectivity index (χ1v) is 9.10. The van der Waals surface area contributed by atoms with Crippen molar-refractivity contribution >= 4 is 16.8 Å². The number of hydrogen-bond acceptors (Lipinski definition) is 5. The minimum Gasteiger partial charge on any atom is -0.383 e. The molecule has 1 atom stereocenters. The highest BCUT2D eigenvalue weighted by Crippen LogP contribution is 2.22. The van der Waals surface area contributed by atoms with E-state index in [2.05, 4.69) is 33.5 Å². The normalized spacial score (nSPS) is 17.0. The second kappa shape index (κ2) is 7.85. The molecule has 140 valence electrons. The third-order valence-electron chi connectivity index (χ3n) is 4.81. The number of carbonyl (C=O) groups is 1. The lowest BCUT2D eigenvalue weighted by atomic mass is 10.1. The van der Waals surface area contributed by atoms with E-state index in [1.165, 1.54) is 0 Å². The molecule has 7 heteroatoms. The van der Waals surface area contributed by atoms with Gasteiger partial charge in [0.05, 0.1) is 23.5 Å². The Morgan fingerprint density at radius 3 is 3.04 bits per heavy atom. The fourth-order valence-corrected chi connectivity index (χ4v) is 3.50. The predicted molar refractivity (Wildman–Crippen MR) is 102 cm³/mol. The van der Waals surface area contributed by atoms with Gasteiger partial charge in [-0.3, -0.25) is 19.4 Å². The Kier molecular flexibility index (Phi) is 5.13. The second-order valence-corrected chi connectivity index (χ2v) is 6.73. The van der Waals surface area contributed by atoms with Crippen molar-refractivity contribution < 1.29 is 9.53 Å². The first kappa shape index (κ1) is 17.6. The molecule has 1 unspecified atom stereocenters. The Balaban J connectivity index is 1.51. The van der Waals surface area contributed by atoms with Crippen LogP contribution in [0.5, 0.6) is 0 Å². The number of benzene rings is 1. The zero-order valence-electron chi connectivity index (χ0n) is 15.3. The third-order valence-corrected chi connectivity index (χ3v) is 4.81. The molecular weight excluding hydrogens is 342 g/mol. The Labute approximate surface area is 157 Å². The Morgan fingerprint density at radius 1 is 1.26 bits per heavy atom. The molecule has 0 aliphatic carbocycles. The molecule has 4 rings (SSSR count). The van der Waals surface area contributed by atoms with Crippen LogP contribution in [0, 0.1) is 0 Å². The summed E-state index contributed by atoms with van der Waals surface area (Å²) in [5.74, 6) is -0.0341. The van der Waals surface area contributed by atoms with E-state index < -0.39 is 0 Å². The van der Waals surface area contributed by atoms with Crippen LogP contribution in [0.2, 0.25) is 0 Å². The lowest BCUT2D eigenvalue weighted by molar-refractivity contribution is -0.126. The maximum atomic E-state index is 12.6. The molecule has 27 heavy (non-hydrogen) atoms. The van der Waals surface area contributed by atoms with Gasteiger partial charge in [0.1, 0.15) is 6.04 Å². The third kappa shape index (κ3) is 3.84. The number of carbonyl (C=O) groups excluding carboxylic acids is 1. The molecule has 3 heterocycles. The number of rotatable bonds is 6. The average molecular weight is 365 g/mol. The number of amides is 1. The fraction of sp³-hybridized carbons (Fsp3) is 0.350. The summed E-state index contributed by atoms with van der Waals surface area (Å²) >= 11 is 0. The van der Waals surface area contributed by atoms with E-state index in [0.717, 1.165) is 28.8 Å². The molecule has 3 aromatic rings. The van der Waals surface area contributed by atoms with Crippen LogP contribution in [-0.2, 0) is 22.6 Å². The maximum Gasteiger partial charge on any atom is 0.246 e. The zero-order valence-corrected chi connectivity index (χ0v) is 15.3. The van der Waals surface area contributed by atoms with E-state index in [4.69, 9.17) is 9.72 Å². The monoisotopic (exact) mass is 365 g/mol. The number of para-hydroxylation sites is 1. The van der Waals surface area contributed by atoms with Crippen LogP contribution in [0.3, 0.4) is 0 Å². The van der Waals surface area contributed by atoms with Gasteiger partial charge in [-0.2, -0.15) is 5.10 Å². The summed E-state index contributed by atoms with van der Waals surface area (Å²) in [6.45, 7) is 3.03. The molecule has 1 aliphatic rings. The van der Waals surface area contributed by atoms with E-state index in [1.807, 2.05) is 28.9 Å². The van der Waals surface area contributed by atoms with Crippen molar-refractivity contribution in [2.45, 2.75) is 19.1 Å². The number of nitrogens with one attached hydrogen (secondary N) is 1. The number of aromatic nitrogens is 3. The van der Waals surface area contributed by atoms with E-state index in [9.17, 15) is 4.79 Å². The molecule has 1 aliphatic heterocycles. The number of methoxy groups -OCH3 is 1. The van der Waals surface area contributed by atoms with Crippen LogP contribution in [0.15, 0.2) is 48.7 Å². The van der Waals surface area contributed by atoms with Crippen LogP contribution < -0.4 is 5.32 Å². The SMILES string of the molecule is COCCNC(=O)C1CN(Cc2ccc3ccccc3n2)Cc2ccnn21. The van der Waals surface area contributed by atoms with Crippen LogP contribution in [0.25, 0.3) is 10.9 Å². The molecule has 1 aromatic carbocycles. The highest BCUT2D eigenvalue weighted by Gasteiger charge is 2.30. The summed E-state index contributed by atoms with van der Waals surface area (Å²) in [7, 11) is 1.62. The van der Waals surface area contributed by atoms with Crippen molar-refractivity contribution in [2.75, 3.05) is 26.8 Å². The van der Waals surface area contributed by atoms with Gasteiger partial charge in [-0.05, 0) is 18.2 Å². The van der Waals surface area contributed by atoms with Crippen molar-refractivity contribution in [2.24, 2.45) is 0 Å². The van der Waals surface area contributed by atoms with Gasteiger partial charge in [0.2, 0.25) is 5.91 Å². The summed E-state index contributed by atoms with van der Waals surface area (Å²) in [5.41, 5.74) is 3.03. The quantitative estimate of drug-likeness (QED) is 0.674. The molecule has 0 bridgehead atoms. The van der Waals surface area contributed by atoms with Crippen LogP contribution in [0.1, 0.15) is 17.4 Å². The molecule has 0 spiro atoms. The van der Waals surface area contributed by atoms with Crippen molar-refractivity contribution in [1.82, 2.24) is 25.0 Å². The molecule has 2 aromatic heterocycles. The Bertz CT molecular complexity index is 939. The van der Waals surface area contributed by atoms with Crippen molar-refractivity contribution in [3.05, 3.63) is 60.0 Å². The molecule has 0 fully saturated rings. The van der Waals surface area contributed by atoms with Gasteiger partial charge in [-0.25, -0.2) is 0 Å². The topological polar surface area (TPSA) is 72.3 Å². The number of pyridine rings is 1. The first-order chi connectivity index (χ1) is 13.2. The molecule has 0 saturated heterocycles. The summed E-state index contributed by atoms with van der Waals surface area (Å²) in [5, 5.41) is 8.41. The van der Waals surface area contributed by atoms with Gasteiger partial charge < -0.3 is 10.1 Å². The summed E-state index contributed by atoms with van der Waals surface area (Å²) in [6.07, 6.45) is 1.75. The van der Waals surface area contributed by atoms with Gasteiger partial charge in [0, 0.05) is 44.9 Å². The van der Waals surface area contributed by atoms with Crippen LogP contribution in [0.4, 0.5) is 0 Å². The predicted octanol–water partition coefficient (Wildman–Crippen LogP) is 1.75. The lowest BCUT2D eigenvalue weighted by Crippen LogP contribution is -2.45. The Hall–Kier alpha value is -2.77. The van der Waals surface area contributed by atoms with E-state index in [1.54, 1.807) is 13.3 Å². The maximum absolute atomic E-state index is 12.6. The highest BCUT2D eigenvalue weighted by atomic mass is 16.5. The second-order valence-electron chi connectivity index (χ2n) is 6.73. The standard InChI is InChI=1S/C20H23N5O2/c1-27-11-10-21-20(26)19-14-24(13-17-8-9-22-25(17)19)12-16-7-6-15-4-2-3-5-18(15)23-16/h2-9,19H,10-14H2,1H3,(H,21,26). The molecule has 1 N–H and O–H groups in total. The van der Waals surface area contributed by atoms with Crippen LogP contribution in [-0.4, -0.2) is 52.4 Å². The van der Waals surface area contributed by atoms with Crippen LogP contribution >= 0.6 is 0 Å². The number of ether oxygens (including phenoxy) is 1. The largest absolute Gasteiger partial charge is 0.383 e. The van der Waals surface area contributed by atoms with E-state index >= 15 is 0 Å². The van der Waals surface area contributed by atoms with Gasteiger partial charge in [-0.1, -0.05) is 24.3 Å². The minimum atomic E-state index is -0.346. The summed E-state index contributed by atoms with van der Waals surface area (Å²) in [4.78, 5) is 19.6. The summed E-state index contributed by atoms with van der Waals surface area (Å²) < 4.78 is 6.84. The van der Waals surface area contributed by atoms with E-state index in [0.29, 0.717) is 26.2 Å². The molecular formula is C20H23N5O2. The number of hydrogen-bond donors (Lipinski definition) is 1. The minimum absolute atomic E-state index is 0.0341. The average Bonchev–Trinajstić information content (AvgIpc) is 3.16. The summed E-state index contributed by atoms with van der Waals surface area (Å²) in [6, 6.07) is 13.9. The zero-order chi connectivity index (χ0) is 18.6.